The largest absolute Gasteiger partial charge is 0.473 e. The van der Waals surface area contributed by atoms with Crippen molar-refractivity contribution >= 4 is 22.4 Å². The molecule has 1 aromatic heterocycles. The van der Waals surface area contributed by atoms with Gasteiger partial charge in [-0.05, 0) is 31.0 Å². The number of rotatable bonds is 9. The van der Waals surface area contributed by atoms with E-state index in [1.54, 1.807) is 6.92 Å². The molecule has 2 rings (SSSR count). The van der Waals surface area contributed by atoms with Crippen LogP contribution < -0.4 is 14.8 Å². The van der Waals surface area contributed by atoms with Crippen molar-refractivity contribution in [2.75, 3.05) is 12.8 Å². The van der Waals surface area contributed by atoms with E-state index in [4.69, 9.17) is 4.74 Å². The van der Waals surface area contributed by atoms with Crippen LogP contribution in [0.25, 0.3) is 0 Å². The number of hydrogen-bond acceptors (Lipinski definition) is 5. The molecule has 6 nitrogen and oxygen atoms in total. The number of benzene rings is 1. The Morgan fingerprint density at radius 3 is 2.37 bits per heavy atom. The average molecular weight is 418 g/mol. The number of nitrogens with zero attached hydrogens (tertiary/aromatic N) is 1. The lowest BCUT2D eigenvalue weighted by Crippen LogP contribution is -2.29. The maximum atomic E-state index is 12.8. The summed E-state index contributed by atoms with van der Waals surface area (Å²) in [6, 6.07) is 10.2. The third-order valence-corrected chi connectivity index (χ3v) is 4.44. The van der Waals surface area contributed by atoms with Crippen LogP contribution >= 0.6 is 12.4 Å². The minimum atomic E-state index is -3.24. The van der Waals surface area contributed by atoms with E-state index in [1.165, 1.54) is 12.1 Å². The van der Waals surface area contributed by atoms with E-state index < -0.39 is 15.8 Å². The van der Waals surface area contributed by atoms with E-state index in [0.29, 0.717) is 19.0 Å². The first-order valence-electron chi connectivity index (χ1n) is 8.28. The van der Waals surface area contributed by atoms with Gasteiger partial charge in [0.1, 0.15) is 11.9 Å². The maximum absolute atomic E-state index is 12.8. The summed E-state index contributed by atoms with van der Waals surface area (Å²) < 4.78 is 43.5. The predicted octanol–water partition coefficient (Wildman–Crippen LogP) is 2.81. The molecule has 0 aliphatic heterocycles. The van der Waals surface area contributed by atoms with Gasteiger partial charge >= 0.3 is 0 Å². The molecule has 0 aliphatic carbocycles. The zero-order valence-electron chi connectivity index (χ0n) is 15.5. The summed E-state index contributed by atoms with van der Waals surface area (Å²) in [6.07, 6.45) is 2.15. The van der Waals surface area contributed by atoms with Gasteiger partial charge in [-0.1, -0.05) is 24.3 Å². The minimum absolute atomic E-state index is 0. The fourth-order valence-electron chi connectivity index (χ4n) is 2.41. The van der Waals surface area contributed by atoms with Crippen molar-refractivity contribution in [2.45, 2.75) is 32.5 Å². The summed E-state index contributed by atoms with van der Waals surface area (Å²) in [6.45, 7) is 4.96. The fraction of sp³-hybridized carbons (Fsp3) is 0.389. The van der Waals surface area contributed by atoms with Crippen LogP contribution in [-0.2, 0) is 16.6 Å². The quantitative estimate of drug-likeness (QED) is 0.655. The van der Waals surface area contributed by atoms with Crippen LogP contribution in [0.2, 0.25) is 0 Å². The molecule has 2 aromatic rings. The summed E-state index contributed by atoms with van der Waals surface area (Å²) in [5.74, 6) is -0.00922. The van der Waals surface area contributed by atoms with Crippen LogP contribution in [0.15, 0.2) is 42.6 Å². The Morgan fingerprint density at radius 2 is 1.81 bits per heavy atom. The summed E-state index contributed by atoms with van der Waals surface area (Å²) in [4.78, 5) is 3.86. The number of pyridine rings is 1. The number of hydrogen-bond donors (Lipinski definition) is 2. The van der Waals surface area contributed by atoms with Crippen LogP contribution in [0.4, 0.5) is 4.39 Å². The molecule has 1 heterocycles. The Kier molecular flexibility index (Phi) is 9.11. The Hall–Kier alpha value is -1.74. The van der Waals surface area contributed by atoms with Crippen LogP contribution in [-0.4, -0.2) is 32.3 Å². The highest BCUT2D eigenvalue weighted by Gasteiger charge is 2.10. The molecule has 0 fully saturated rings. The second kappa shape index (κ2) is 10.6. The highest BCUT2D eigenvalue weighted by atomic mass is 35.5. The monoisotopic (exact) mass is 417 g/mol. The normalized spacial score (nSPS) is 13.5. The smallest absolute Gasteiger partial charge is 0.213 e. The lowest BCUT2D eigenvalue weighted by Gasteiger charge is -2.15. The van der Waals surface area contributed by atoms with E-state index in [2.05, 4.69) is 15.0 Å². The first-order chi connectivity index (χ1) is 12.2. The van der Waals surface area contributed by atoms with Gasteiger partial charge in [-0.25, -0.2) is 22.5 Å². The second-order valence-corrected chi connectivity index (χ2v) is 8.01. The van der Waals surface area contributed by atoms with Gasteiger partial charge in [0.15, 0.2) is 0 Å². The Morgan fingerprint density at radius 1 is 1.15 bits per heavy atom. The van der Waals surface area contributed by atoms with Gasteiger partial charge in [0.25, 0.3) is 0 Å². The topological polar surface area (TPSA) is 80.3 Å². The first kappa shape index (κ1) is 23.3. The van der Waals surface area contributed by atoms with Gasteiger partial charge < -0.3 is 10.1 Å². The lowest BCUT2D eigenvalue weighted by molar-refractivity contribution is 0.208. The molecule has 9 heteroatoms. The molecule has 0 bridgehead atoms. The molecule has 0 unspecified atom stereocenters. The van der Waals surface area contributed by atoms with Gasteiger partial charge in [0, 0.05) is 25.2 Å². The summed E-state index contributed by atoms with van der Waals surface area (Å²) in [5, 5.41) is 3.28. The van der Waals surface area contributed by atoms with Crippen molar-refractivity contribution < 1.29 is 17.5 Å². The van der Waals surface area contributed by atoms with Crippen molar-refractivity contribution in [1.82, 2.24) is 15.0 Å². The third-order valence-electron chi connectivity index (χ3n) is 3.65. The van der Waals surface area contributed by atoms with Crippen molar-refractivity contribution in [1.29, 1.82) is 0 Å². The van der Waals surface area contributed by atoms with E-state index in [-0.39, 0.29) is 24.6 Å². The number of sulfonamides is 1. The Bertz CT molecular complexity index is 802. The van der Waals surface area contributed by atoms with Crippen molar-refractivity contribution in [3.8, 4) is 5.88 Å². The zero-order chi connectivity index (χ0) is 19.2. The molecule has 2 N–H and O–H groups in total. The molecule has 1 aromatic carbocycles. The van der Waals surface area contributed by atoms with E-state index in [0.717, 1.165) is 23.6 Å². The number of ether oxygens (including phenoxy) is 1. The second-order valence-electron chi connectivity index (χ2n) is 6.23. The Balaban J connectivity index is 0.00000364. The zero-order valence-corrected chi connectivity index (χ0v) is 17.1. The molecule has 0 saturated carbocycles. The molecule has 0 radical (unpaired) electrons. The SMILES string of the molecule is C[C@H](CNCc1ccc([C@@H](C)NS(C)(=O)=O)cc1)Oc1ccc(F)cn1.Cl. The number of nitrogens with one attached hydrogen (secondary N) is 2. The molecule has 0 spiro atoms. The third kappa shape index (κ3) is 8.66. The summed E-state index contributed by atoms with van der Waals surface area (Å²) >= 11 is 0. The van der Waals surface area contributed by atoms with Crippen LogP contribution in [0.1, 0.15) is 31.0 Å². The molecular formula is C18H25ClFN3O3S. The van der Waals surface area contributed by atoms with Crippen LogP contribution in [0.3, 0.4) is 0 Å². The molecule has 27 heavy (non-hydrogen) atoms. The van der Waals surface area contributed by atoms with Gasteiger partial charge in [-0.2, -0.15) is 0 Å². The highest BCUT2D eigenvalue weighted by Crippen LogP contribution is 2.14. The van der Waals surface area contributed by atoms with Gasteiger partial charge in [0.05, 0.1) is 12.5 Å². The van der Waals surface area contributed by atoms with Gasteiger partial charge in [0.2, 0.25) is 15.9 Å². The average Bonchev–Trinajstić information content (AvgIpc) is 2.56. The highest BCUT2D eigenvalue weighted by molar-refractivity contribution is 7.88. The van der Waals surface area contributed by atoms with Crippen LogP contribution in [0, 0.1) is 5.82 Å². The fourth-order valence-corrected chi connectivity index (χ4v) is 3.19. The maximum Gasteiger partial charge on any atom is 0.213 e. The van der Waals surface area contributed by atoms with Crippen LogP contribution in [0.5, 0.6) is 5.88 Å². The van der Waals surface area contributed by atoms with Crippen molar-refractivity contribution in [3.05, 3.63) is 59.5 Å². The predicted molar refractivity (Wildman–Crippen MR) is 106 cm³/mol. The number of halogens is 2. The summed E-state index contributed by atoms with van der Waals surface area (Å²) in [7, 11) is -3.24. The summed E-state index contributed by atoms with van der Waals surface area (Å²) in [5.41, 5.74) is 1.98. The first-order valence-corrected chi connectivity index (χ1v) is 10.2. The van der Waals surface area contributed by atoms with E-state index in [1.807, 2.05) is 31.2 Å². The van der Waals surface area contributed by atoms with Crippen molar-refractivity contribution in [3.63, 3.8) is 0 Å². The molecular weight excluding hydrogens is 393 g/mol. The van der Waals surface area contributed by atoms with E-state index >= 15 is 0 Å². The minimum Gasteiger partial charge on any atom is -0.473 e. The number of aromatic nitrogens is 1. The van der Waals surface area contributed by atoms with E-state index in [9.17, 15) is 12.8 Å². The molecule has 2 atom stereocenters. The van der Waals surface area contributed by atoms with Gasteiger partial charge in [-0.15, -0.1) is 12.4 Å². The molecule has 0 amide bonds. The van der Waals surface area contributed by atoms with Crippen molar-refractivity contribution in [2.24, 2.45) is 0 Å². The lowest BCUT2D eigenvalue weighted by atomic mass is 10.1. The molecule has 150 valence electrons. The van der Waals surface area contributed by atoms with Gasteiger partial charge in [-0.3, -0.25) is 0 Å². The molecule has 0 saturated heterocycles. The standard InChI is InChI=1S/C18H24FN3O3S.ClH/c1-13(25-18-9-8-17(19)12-21-18)10-20-11-15-4-6-16(7-5-15)14(2)22-26(3,23)24;/h4-9,12-14,20,22H,10-11H2,1-3H3;1H/t13-,14-;/m1./s1. The Labute approximate surface area is 166 Å². The molecule has 0 aliphatic rings.